The van der Waals surface area contributed by atoms with E-state index in [9.17, 15) is 9.18 Å². The standard InChI is InChI=1S/C14H17FN2O2/c1-9(4-5-18)17-14(19)6-10-8-16-13-3-2-11(15)7-12(10)13/h2-3,7-9,16,18H,4-6H2,1H3,(H,17,19). The topological polar surface area (TPSA) is 65.1 Å². The number of aliphatic hydroxyl groups excluding tert-OH is 1. The minimum absolute atomic E-state index is 0.0414. The summed E-state index contributed by atoms with van der Waals surface area (Å²) in [5, 5.41) is 12.3. The number of nitrogens with one attached hydrogen (secondary N) is 2. The van der Waals surface area contributed by atoms with Crippen molar-refractivity contribution in [3.63, 3.8) is 0 Å². The number of halogens is 1. The van der Waals surface area contributed by atoms with Crippen molar-refractivity contribution < 1.29 is 14.3 Å². The van der Waals surface area contributed by atoms with Crippen LogP contribution in [0.1, 0.15) is 18.9 Å². The minimum atomic E-state index is -0.317. The molecular formula is C14H17FN2O2. The Morgan fingerprint density at radius 3 is 3.05 bits per heavy atom. The lowest BCUT2D eigenvalue weighted by atomic mass is 10.1. The van der Waals surface area contributed by atoms with E-state index in [0.29, 0.717) is 6.42 Å². The molecule has 0 aliphatic heterocycles. The summed E-state index contributed by atoms with van der Waals surface area (Å²) < 4.78 is 13.2. The van der Waals surface area contributed by atoms with E-state index in [1.165, 1.54) is 12.1 Å². The predicted molar refractivity (Wildman–Crippen MR) is 71.3 cm³/mol. The van der Waals surface area contributed by atoms with Crippen LogP contribution in [0.2, 0.25) is 0 Å². The first-order valence-electron chi connectivity index (χ1n) is 6.26. The molecule has 0 radical (unpaired) electrons. The predicted octanol–water partition coefficient (Wildman–Crippen LogP) is 1.74. The van der Waals surface area contributed by atoms with Crippen LogP contribution < -0.4 is 5.32 Å². The second-order valence-electron chi connectivity index (χ2n) is 4.66. The fourth-order valence-corrected chi connectivity index (χ4v) is 2.06. The van der Waals surface area contributed by atoms with Gasteiger partial charge in [0.05, 0.1) is 6.42 Å². The summed E-state index contributed by atoms with van der Waals surface area (Å²) in [5.41, 5.74) is 1.58. The SMILES string of the molecule is CC(CCO)NC(=O)Cc1c[nH]c2ccc(F)cc12. The van der Waals surface area contributed by atoms with Crippen LogP contribution in [-0.2, 0) is 11.2 Å². The molecule has 0 spiro atoms. The maximum Gasteiger partial charge on any atom is 0.224 e. The van der Waals surface area contributed by atoms with Crippen molar-refractivity contribution in [3.05, 3.63) is 35.8 Å². The lowest BCUT2D eigenvalue weighted by Gasteiger charge is -2.11. The maximum absolute atomic E-state index is 13.2. The number of hydrogen-bond donors (Lipinski definition) is 3. The molecule has 0 bridgehead atoms. The van der Waals surface area contributed by atoms with E-state index in [1.54, 1.807) is 12.3 Å². The van der Waals surface area contributed by atoms with Crippen LogP contribution in [-0.4, -0.2) is 28.6 Å². The Bertz CT molecular complexity index is 580. The van der Waals surface area contributed by atoms with Crippen molar-refractivity contribution in [1.29, 1.82) is 0 Å². The third kappa shape index (κ3) is 3.32. The van der Waals surface area contributed by atoms with Gasteiger partial charge in [-0.1, -0.05) is 0 Å². The third-order valence-corrected chi connectivity index (χ3v) is 3.05. The number of rotatable bonds is 5. The Morgan fingerprint density at radius 2 is 2.32 bits per heavy atom. The van der Waals surface area contributed by atoms with Gasteiger partial charge in [-0.3, -0.25) is 4.79 Å². The molecule has 102 valence electrons. The second-order valence-corrected chi connectivity index (χ2v) is 4.66. The first kappa shape index (κ1) is 13.5. The molecule has 1 aromatic carbocycles. The van der Waals surface area contributed by atoms with Crippen LogP contribution in [0.25, 0.3) is 10.9 Å². The molecular weight excluding hydrogens is 247 g/mol. The molecule has 0 aliphatic carbocycles. The van der Waals surface area contributed by atoms with E-state index in [-0.39, 0.29) is 30.8 Å². The summed E-state index contributed by atoms with van der Waals surface area (Å²) >= 11 is 0. The summed E-state index contributed by atoms with van der Waals surface area (Å²) in [4.78, 5) is 14.8. The molecule has 1 unspecified atom stereocenters. The molecule has 3 N–H and O–H groups in total. The molecule has 2 aromatic rings. The van der Waals surface area contributed by atoms with Crippen molar-refractivity contribution >= 4 is 16.8 Å². The summed E-state index contributed by atoms with van der Waals surface area (Å²) in [6, 6.07) is 4.39. The van der Waals surface area contributed by atoms with Gasteiger partial charge < -0.3 is 15.4 Å². The Morgan fingerprint density at radius 1 is 1.53 bits per heavy atom. The van der Waals surface area contributed by atoms with Crippen LogP contribution in [0.3, 0.4) is 0 Å². The van der Waals surface area contributed by atoms with Crippen LogP contribution in [0.15, 0.2) is 24.4 Å². The number of aromatic amines is 1. The smallest absolute Gasteiger partial charge is 0.224 e. The molecule has 1 atom stereocenters. The van der Waals surface area contributed by atoms with Crippen molar-refractivity contribution in [2.45, 2.75) is 25.8 Å². The molecule has 2 rings (SSSR count). The van der Waals surface area contributed by atoms with Gasteiger partial charge in [0.25, 0.3) is 0 Å². The molecule has 1 heterocycles. The number of carbonyl (C=O) groups excluding carboxylic acids is 1. The average molecular weight is 264 g/mol. The van der Waals surface area contributed by atoms with Crippen molar-refractivity contribution in [2.75, 3.05) is 6.61 Å². The maximum atomic E-state index is 13.2. The monoisotopic (exact) mass is 264 g/mol. The van der Waals surface area contributed by atoms with E-state index < -0.39 is 0 Å². The van der Waals surface area contributed by atoms with Gasteiger partial charge in [-0.2, -0.15) is 0 Å². The van der Waals surface area contributed by atoms with Crippen molar-refractivity contribution in [2.24, 2.45) is 0 Å². The van der Waals surface area contributed by atoms with Gasteiger partial charge in [-0.15, -0.1) is 0 Å². The number of aromatic nitrogens is 1. The second kappa shape index (κ2) is 5.84. The molecule has 1 amide bonds. The van der Waals surface area contributed by atoms with Gasteiger partial charge in [0.15, 0.2) is 0 Å². The summed E-state index contributed by atoms with van der Waals surface area (Å²) in [7, 11) is 0. The number of benzene rings is 1. The van der Waals surface area contributed by atoms with Crippen molar-refractivity contribution in [3.8, 4) is 0 Å². The zero-order valence-electron chi connectivity index (χ0n) is 10.7. The summed E-state index contributed by atoms with van der Waals surface area (Å²) in [6.45, 7) is 1.88. The number of hydrogen-bond acceptors (Lipinski definition) is 2. The molecule has 0 saturated heterocycles. The average Bonchev–Trinajstić information content (AvgIpc) is 2.72. The Kier molecular flexibility index (Phi) is 4.16. The fraction of sp³-hybridized carbons (Fsp3) is 0.357. The molecule has 1 aromatic heterocycles. The zero-order valence-corrected chi connectivity index (χ0v) is 10.7. The Balaban J connectivity index is 2.08. The van der Waals surface area contributed by atoms with Gasteiger partial charge in [-0.05, 0) is 37.1 Å². The molecule has 19 heavy (non-hydrogen) atoms. The summed E-state index contributed by atoms with van der Waals surface area (Å²) in [5.74, 6) is -0.450. The number of aliphatic hydroxyl groups is 1. The first-order chi connectivity index (χ1) is 9.10. The highest BCUT2D eigenvalue weighted by Crippen LogP contribution is 2.19. The molecule has 0 saturated carbocycles. The largest absolute Gasteiger partial charge is 0.396 e. The normalized spacial score (nSPS) is 12.6. The lowest BCUT2D eigenvalue weighted by Crippen LogP contribution is -2.34. The molecule has 5 heteroatoms. The van der Waals surface area contributed by atoms with Gasteiger partial charge in [-0.25, -0.2) is 4.39 Å². The van der Waals surface area contributed by atoms with E-state index in [2.05, 4.69) is 10.3 Å². The number of amides is 1. The highest BCUT2D eigenvalue weighted by molar-refractivity contribution is 5.89. The van der Waals surface area contributed by atoms with E-state index in [1.807, 2.05) is 6.92 Å². The van der Waals surface area contributed by atoms with Gasteiger partial charge in [0.1, 0.15) is 5.82 Å². The lowest BCUT2D eigenvalue weighted by molar-refractivity contribution is -0.121. The van der Waals surface area contributed by atoms with Crippen LogP contribution in [0, 0.1) is 5.82 Å². The summed E-state index contributed by atoms with van der Waals surface area (Å²) in [6.07, 6.45) is 2.44. The Labute approximate surface area is 110 Å². The van der Waals surface area contributed by atoms with Gasteiger partial charge in [0, 0.05) is 29.7 Å². The highest BCUT2D eigenvalue weighted by atomic mass is 19.1. The van der Waals surface area contributed by atoms with Gasteiger partial charge in [0.2, 0.25) is 5.91 Å². The first-order valence-corrected chi connectivity index (χ1v) is 6.26. The van der Waals surface area contributed by atoms with Crippen LogP contribution >= 0.6 is 0 Å². The Hall–Kier alpha value is -1.88. The fourth-order valence-electron chi connectivity index (χ4n) is 2.06. The number of carbonyl (C=O) groups is 1. The van der Waals surface area contributed by atoms with Crippen LogP contribution in [0.4, 0.5) is 4.39 Å². The van der Waals surface area contributed by atoms with E-state index in [4.69, 9.17) is 5.11 Å². The minimum Gasteiger partial charge on any atom is -0.396 e. The zero-order chi connectivity index (χ0) is 13.8. The third-order valence-electron chi connectivity index (χ3n) is 3.05. The molecule has 4 nitrogen and oxygen atoms in total. The van der Waals surface area contributed by atoms with E-state index in [0.717, 1.165) is 16.5 Å². The number of H-pyrrole nitrogens is 1. The van der Waals surface area contributed by atoms with Gasteiger partial charge >= 0.3 is 0 Å². The highest BCUT2D eigenvalue weighted by Gasteiger charge is 2.11. The quantitative estimate of drug-likeness (QED) is 0.770. The van der Waals surface area contributed by atoms with Crippen LogP contribution in [0.5, 0.6) is 0 Å². The van der Waals surface area contributed by atoms with E-state index >= 15 is 0 Å². The van der Waals surface area contributed by atoms with Crippen molar-refractivity contribution in [1.82, 2.24) is 10.3 Å². The molecule has 0 aliphatic rings. The molecule has 0 fully saturated rings. The number of fused-ring (bicyclic) bond motifs is 1.